The Hall–Kier alpha value is -1.33. The van der Waals surface area contributed by atoms with Gasteiger partial charge >= 0.3 is 0 Å². The Labute approximate surface area is 78.0 Å². The first-order valence-electron chi connectivity index (χ1n) is 3.62. The first-order valence-corrected chi connectivity index (χ1v) is 4.10. The second kappa shape index (κ2) is 4.53. The molecule has 0 aliphatic heterocycles. The molecule has 12 heavy (non-hydrogen) atoms. The van der Waals surface area contributed by atoms with Gasteiger partial charge < -0.3 is 12.6 Å². The number of hydrogen-bond donors (Lipinski definition) is 0. The number of benzene rings is 1. The van der Waals surface area contributed by atoms with Crippen LogP contribution in [-0.2, 0) is 19.0 Å². The summed E-state index contributed by atoms with van der Waals surface area (Å²) in [5.41, 5.74) is 1.90. The third kappa shape index (κ3) is 2.37. The van der Waals surface area contributed by atoms with Crippen molar-refractivity contribution in [3.05, 3.63) is 51.8 Å². The highest BCUT2D eigenvalue weighted by Gasteiger charge is 2.02. The molecule has 0 heterocycles. The SMILES string of the molecule is C#[N+]/C(=C\[S-])Cc1ccccc1. The van der Waals surface area contributed by atoms with Crippen LogP contribution in [0, 0.1) is 6.57 Å². The van der Waals surface area contributed by atoms with Gasteiger partial charge in [0.05, 0.1) is 6.42 Å². The molecule has 0 saturated heterocycles. The summed E-state index contributed by atoms with van der Waals surface area (Å²) in [6, 6.07) is 9.97. The van der Waals surface area contributed by atoms with E-state index >= 15 is 0 Å². The third-order valence-corrected chi connectivity index (χ3v) is 1.80. The molecule has 0 N–H and O–H groups in total. The summed E-state index contributed by atoms with van der Waals surface area (Å²) >= 11 is 4.74. The summed E-state index contributed by atoms with van der Waals surface area (Å²) in [7, 11) is 0. The molecule has 0 radical (unpaired) electrons. The molecule has 0 aliphatic rings. The number of nitrogens with zero attached hydrogens (tertiary/aromatic N) is 1. The lowest BCUT2D eigenvalue weighted by Crippen LogP contribution is -1.84. The summed E-state index contributed by atoms with van der Waals surface area (Å²) in [5, 5.41) is 1.51. The minimum atomic E-state index is 0.709. The van der Waals surface area contributed by atoms with Crippen LogP contribution in [0.15, 0.2) is 41.4 Å². The van der Waals surface area contributed by atoms with Gasteiger partial charge in [-0.3, -0.25) is 0 Å². The fraction of sp³-hybridized carbons (Fsp3) is 0.100. The highest BCUT2D eigenvalue weighted by Crippen LogP contribution is 2.07. The van der Waals surface area contributed by atoms with Gasteiger partial charge in [0.25, 0.3) is 12.3 Å². The Bertz CT molecular complexity index is 308. The lowest BCUT2D eigenvalue weighted by atomic mass is 10.1. The van der Waals surface area contributed by atoms with Gasteiger partial charge in [0.2, 0.25) is 0 Å². The van der Waals surface area contributed by atoms with E-state index in [2.05, 4.69) is 4.85 Å². The van der Waals surface area contributed by atoms with Gasteiger partial charge in [-0.1, -0.05) is 30.3 Å². The van der Waals surface area contributed by atoms with Gasteiger partial charge in [0, 0.05) is 0 Å². The molecule has 60 valence electrons. The fourth-order valence-corrected chi connectivity index (χ4v) is 1.07. The van der Waals surface area contributed by atoms with E-state index in [1.54, 1.807) is 0 Å². The monoisotopic (exact) mass is 175 g/mol. The average molecular weight is 175 g/mol. The van der Waals surface area contributed by atoms with E-state index in [0.717, 1.165) is 5.70 Å². The molecule has 2 heteroatoms. The minimum Gasteiger partial charge on any atom is -0.780 e. The fourth-order valence-electron chi connectivity index (χ4n) is 0.923. The predicted octanol–water partition coefficient (Wildman–Crippen LogP) is 2.58. The van der Waals surface area contributed by atoms with E-state index in [1.165, 1.54) is 11.0 Å². The standard InChI is InChI=1S/C10H9NS/c1-11-10(8-12)7-9-5-3-2-4-6-9/h1-6,8H,7H2/b10-8-. The number of rotatable bonds is 2. The van der Waals surface area contributed by atoms with Crippen molar-refractivity contribution in [1.82, 2.24) is 0 Å². The van der Waals surface area contributed by atoms with Gasteiger partial charge in [-0.05, 0) is 10.4 Å². The van der Waals surface area contributed by atoms with Crippen LogP contribution in [0.3, 0.4) is 0 Å². The highest BCUT2D eigenvalue weighted by atomic mass is 32.1. The van der Waals surface area contributed by atoms with Gasteiger partial charge in [0.1, 0.15) is 0 Å². The van der Waals surface area contributed by atoms with E-state index < -0.39 is 0 Å². The smallest absolute Gasteiger partial charge is 0.295 e. The number of allylic oxidation sites excluding steroid dienone is 1. The van der Waals surface area contributed by atoms with E-state index in [9.17, 15) is 0 Å². The molecule has 0 fully saturated rings. The Kier molecular flexibility index (Phi) is 3.31. The van der Waals surface area contributed by atoms with Crippen LogP contribution in [0.25, 0.3) is 4.85 Å². The predicted molar refractivity (Wildman–Crippen MR) is 53.9 cm³/mol. The maximum absolute atomic E-state index is 5.12. The molecule has 0 spiro atoms. The molecule has 0 unspecified atom stereocenters. The largest absolute Gasteiger partial charge is 0.780 e. The molecule has 1 rings (SSSR count). The first-order chi connectivity index (χ1) is 5.86. The second-order valence-corrected chi connectivity index (χ2v) is 2.64. The molecule has 0 bridgehead atoms. The van der Waals surface area contributed by atoms with Crippen LogP contribution < -0.4 is 0 Å². The molecule has 0 aromatic heterocycles. The summed E-state index contributed by atoms with van der Waals surface area (Å²) < 4.78 is 0. The van der Waals surface area contributed by atoms with Crippen LogP contribution in [0.1, 0.15) is 5.56 Å². The van der Waals surface area contributed by atoms with Crippen LogP contribution in [-0.4, -0.2) is 0 Å². The number of hydrogen-bond acceptors (Lipinski definition) is 1. The Morgan fingerprint density at radius 2 is 2.08 bits per heavy atom. The second-order valence-electron chi connectivity index (χ2n) is 2.40. The van der Waals surface area contributed by atoms with Crippen LogP contribution >= 0.6 is 0 Å². The average Bonchev–Trinajstić information content (AvgIpc) is 2.16. The maximum atomic E-state index is 5.12. The molecular weight excluding hydrogens is 166 g/mol. The summed E-state index contributed by atoms with van der Waals surface area (Å²) in [5.74, 6) is 0. The van der Waals surface area contributed by atoms with Crippen molar-refractivity contribution in [2.75, 3.05) is 0 Å². The van der Waals surface area contributed by atoms with Crippen molar-refractivity contribution >= 4 is 12.6 Å². The van der Waals surface area contributed by atoms with Crippen molar-refractivity contribution in [2.45, 2.75) is 6.42 Å². The molecule has 0 atom stereocenters. The van der Waals surface area contributed by atoms with Crippen LogP contribution in [0.5, 0.6) is 0 Å². The quantitative estimate of drug-likeness (QED) is 0.625. The van der Waals surface area contributed by atoms with Gasteiger partial charge in [-0.15, -0.1) is 5.41 Å². The normalized spacial score (nSPS) is 10.8. The summed E-state index contributed by atoms with van der Waals surface area (Å²) in [6.45, 7) is 5.12. The third-order valence-electron chi connectivity index (χ3n) is 1.53. The molecule has 1 aromatic carbocycles. The van der Waals surface area contributed by atoms with E-state index in [1.807, 2.05) is 30.3 Å². The van der Waals surface area contributed by atoms with Crippen LogP contribution in [0.4, 0.5) is 0 Å². The first kappa shape index (κ1) is 8.76. The topological polar surface area (TPSA) is 4.36 Å². The minimum absolute atomic E-state index is 0.709. The molecule has 1 nitrogen and oxygen atoms in total. The van der Waals surface area contributed by atoms with E-state index in [4.69, 9.17) is 19.2 Å². The Balaban J connectivity index is 2.72. The van der Waals surface area contributed by atoms with Gasteiger partial charge in [-0.25, -0.2) is 0 Å². The van der Waals surface area contributed by atoms with Crippen molar-refractivity contribution in [3.8, 4) is 6.57 Å². The Morgan fingerprint density at radius 3 is 2.58 bits per heavy atom. The lowest BCUT2D eigenvalue weighted by molar-refractivity contribution is 1.20. The lowest BCUT2D eigenvalue weighted by Gasteiger charge is -1.94. The van der Waals surface area contributed by atoms with E-state index in [-0.39, 0.29) is 0 Å². The highest BCUT2D eigenvalue weighted by molar-refractivity contribution is 7.62. The van der Waals surface area contributed by atoms with Gasteiger partial charge in [0.15, 0.2) is 0 Å². The van der Waals surface area contributed by atoms with Crippen molar-refractivity contribution in [3.63, 3.8) is 0 Å². The zero-order valence-corrected chi connectivity index (χ0v) is 7.42. The zero-order chi connectivity index (χ0) is 8.81. The van der Waals surface area contributed by atoms with Crippen molar-refractivity contribution in [2.24, 2.45) is 0 Å². The maximum Gasteiger partial charge on any atom is 0.295 e. The molecule has 0 aliphatic carbocycles. The summed E-state index contributed by atoms with van der Waals surface area (Å²) in [6.07, 6.45) is 0.709. The molecule has 0 saturated carbocycles. The zero-order valence-electron chi connectivity index (χ0n) is 6.60. The van der Waals surface area contributed by atoms with Gasteiger partial charge in [-0.2, -0.15) is 0 Å². The Morgan fingerprint density at radius 1 is 1.42 bits per heavy atom. The van der Waals surface area contributed by atoms with Crippen molar-refractivity contribution < 1.29 is 0 Å². The molecule has 0 amide bonds. The van der Waals surface area contributed by atoms with E-state index in [0.29, 0.717) is 6.42 Å². The molecule has 1 aromatic rings. The molecular formula is C10H9NS. The summed E-state index contributed by atoms with van der Waals surface area (Å²) in [4.78, 5) is 3.56. The van der Waals surface area contributed by atoms with Crippen molar-refractivity contribution in [1.29, 1.82) is 0 Å². The van der Waals surface area contributed by atoms with Crippen LogP contribution in [0.2, 0.25) is 0 Å².